The zero-order chi connectivity index (χ0) is 12.5. The number of hydrogen-bond acceptors (Lipinski definition) is 3. The Bertz CT molecular complexity index is 313. The second-order valence-electron chi connectivity index (χ2n) is 4.40. The van der Waals surface area contributed by atoms with Gasteiger partial charge in [0.05, 0.1) is 13.2 Å². The third kappa shape index (κ3) is 5.71. The number of aliphatic hydroxyl groups excluding tert-OH is 1. The standard InChI is InChI=1S/C14H23NO2/c1-12(2)13-5-3-6-14(11-13)17-10-4-7-15-8-9-16/h3,5-6,11-12,15-16H,4,7-10H2,1-2H3. The van der Waals surface area contributed by atoms with Crippen LogP contribution in [0.4, 0.5) is 0 Å². The van der Waals surface area contributed by atoms with Crippen LogP contribution >= 0.6 is 0 Å². The van der Waals surface area contributed by atoms with Gasteiger partial charge in [0.1, 0.15) is 5.75 Å². The maximum atomic E-state index is 8.59. The molecule has 3 nitrogen and oxygen atoms in total. The van der Waals surface area contributed by atoms with Gasteiger partial charge in [-0.05, 0) is 36.6 Å². The van der Waals surface area contributed by atoms with Crippen molar-refractivity contribution < 1.29 is 9.84 Å². The topological polar surface area (TPSA) is 41.5 Å². The zero-order valence-corrected chi connectivity index (χ0v) is 10.8. The van der Waals surface area contributed by atoms with E-state index in [2.05, 4.69) is 31.3 Å². The third-order valence-electron chi connectivity index (χ3n) is 2.58. The van der Waals surface area contributed by atoms with E-state index < -0.39 is 0 Å². The Labute approximate surface area is 104 Å². The Morgan fingerprint density at radius 1 is 1.29 bits per heavy atom. The Morgan fingerprint density at radius 3 is 2.82 bits per heavy atom. The first-order valence-corrected chi connectivity index (χ1v) is 6.28. The molecule has 3 heteroatoms. The summed E-state index contributed by atoms with van der Waals surface area (Å²) in [6, 6.07) is 8.26. The molecule has 0 heterocycles. The molecular formula is C14H23NO2. The van der Waals surface area contributed by atoms with Crippen LogP contribution in [0, 0.1) is 0 Å². The average molecular weight is 237 g/mol. The van der Waals surface area contributed by atoms with E-state index in [0.29, 0.717) is 19.1 Å². The molecule has 0 atom stereocenters. The Balaban J connectivity index is 2.24. The van der Waals surface area contributed by atoms with Gasteiger partial charge < -0.3 is 15.2 Å². The van der Waals surface area contributed by atoms with Gasteiger partial charge in [-0.25, -0.2) is 0 Å². The first-order valence-electron chi connectivity index (χ1n) is 6.28. The molecule has 0 aliphatic heterocycles. The highest BCUT2D eigenvalue weighted by Crippen LogP contribution is 2.20. The molecule has 0 spiro atoms. The van der Waals surface area contributed by atoms with Crippen molar-refractivity contribution in [1.82, 2.24) is 5.32 Å². The second-order valence-corrected chi connectivity index (χ2v) is 4.40. The lowest BCUT2D eigenvalue weighted by Crippen LogP contribution is -2.20. The van der Waals surface area contributed by atoms with Gasteiger partial charge in [0, 0.05) is 6.54 Å². The maximum absolute atomic E-state index is 8.59. The molecule has 0 amide bonds. The summed E-state index contributed by atoms with van der Waals surface area (Å²) in [4.78, 5) is 0. The highest BCUT2D eigenvalue weighted by Gasteiger charge is 2.00. The van der Waals surface area contributed by atoms with E-state index in [1.165, 1.54) is 5.56 Å². The van der Waals surface area contributed by atoms with E-state index >= 15 is 0 Å². The van der Waals surface area contributed by atoms with Crippen LogP contribution in [0.15, 0.2) is 24.3 Å². The Hall–Kier alpha value is -1.06. The first kappa shape index (κ1) is 14.0. The van der Waals surface area contributed by atoms with Crippen molar-refractivity contribution in [2.75, 3.05) is 26.3 Å². The smallest absolute Gasteiger partial charge is 0.119 e. The largest absolute Gasteiger partial charge is 0.494 e. The zero-order valence-electron chi connectivity index (χ0n) is 10.8. The summed E-state index contributed by atoms with van der Waals surface area (Å²) in [5.74, 6) is 1.48. The van der Waals surface area contributed by atoms with Gasteiger partial charge in [0.2, 0.25) is 0 Å². The van der Waals surface area contributed by atoms with Gasteiger partial charge in [-0.15, -0.1) is 0 Å². The van der Waals surface area contributed by atoms with Gasteiger partial charge in [-0.1, -0.05) is 26.0 Å². The molecule has 17 heavy (non-hydrogen) atoms. The first-order chi connectivity index (χ1) is 8.24. The fourth-order valence-corrected chi connectivity index (χ4v) is 1.55. The average Bonchev–Trinajstić information content (AvgIpc) is 2.34. The molecule has 0 aromatic heterocycles. The number of benzene rings is 1. The minimum atomic E-state index is 0.192. The molecule has 96 valence electrons. The minimum absolute atomic E-state index is 0.192. The van der Waals surface area contributed by atoms with Crippen LogP contribution in [-0.4, -0.2) is 31.4 Å². The molecule has 0 aliphatic carbocycles. The number of rotatable bonds is 8. The summed E-state index contributed by atoms with van der Waals surface area (Å²) >= 11 is 0. The Kier molecular flexibility index (Phi) is 6.67. The molecule has 0 saturated carbocycles. The van der Waals surface area contributed by atoms with Crippen LogP contribution < -0.4 is 10.1 Å². The van der Waals surface area contributed by atoms with E-state index in [1.807, 2.05) is 12.1 Å². The molecule has 0 radical (unpaired) electrons. The summed E-state index contributed by atoms with van der Waals surface area (Å²) < 4.78 is 5.67. The second kappa shape index (κ2) is 8.09. The lowest BCUT2D eigenvalue weighted by molar-refractivity contribution is 0.282. The predicted molar refractivity (Wildman–Crippen MR) is 70.6 cm³/mol. The predicted octanol–water partition coefficient (Wildman–Crippen LogP) is 2.16. The van der Waals surface area contributed by atoms with E-state index in [1.54, 1.807) is 0 Å². The van der Waals surface area contributed by atoms with E-state index in [9.17, 15) is 0 Å². The van der Waals surface area contributed by atoms with Gasteiger partial charge in [-0.2, -0.15) is 0 Å². The number of hydrogen-bond donors (Lipinski definition) is 2. The fraction of sp³-hybridized carbons (Fsp3) is 0.571. The number of nitrogens with one attached hydrogen (secondary N) is 1. The maximum Gasteiger partial charge on any atom is 0.119 e. The normalized spacial score (nSPS) is 10.8. The minimum Gasteiger partial charge on any atom is -0.494 e. The molecule has 2 N–H and O–H groups in total. The van der Waals surface area contributed by atoms with Crippen LogP contribution in [0.1, 0.15) is 31.7 Å². The van der Waals surface area contributed by atoms with Crippen molar-refractivity contribution in [1.29, 1.82) is 0 Å². The molecule has 1 rings (SSSR count). The molecule has 0 saturated heterocycles. The molecule has 0 bridgehead atoms. The molecule has 1 aromatic rings. The summed E-state index contributed by atoms with van der Waals surface area (Å²) in [6.45, 7) is 6.79. The molecule has 0 aliphatic rings. The highest BCUT2D eigenvalue weighted by molar-refractivity contribution is 5.30. The summed E-state index contributed by atoms with van der Waals surface area (Å²) in [5.41, 5.74) is 1.31. The van der Waals surface area contributed by atoms with Crippen LogP contribution in [0.2, 0.25) is 0 Å². The van der Waals surface area contributed by atoms with Crippen molar-refractivity contribution in [2.24, 2.45) is 0 Å². The van der Waals surface area contributed by atoms with Crippen LogP contribution in [0.3, 0.4) is 0 Å². The lowest BCUT2D eigenvalue weighted by Gasteiger charge is -2.10. The Morgan fingerprint density at radius 2 is 2.12 bits per heavy atom. The summed E-state index contributed by atoms with van der Waals surface area (Å²) in [6.07, 6.45) is 0.950. The van der Waals surface area contributed by atoms with Gasteiger partial charge in [0.15, 0.2) is 0 Å². The lowest BCUT2D eigenvalue weighted by atomic mass is 10.0. The molecule has 0 unspecified atom stereocenters. The van der Waals surface area contributed by atoms with E-state index in [0.717, 1.165) is 18.7 Å². The molecular weight excluding hydrogens is 214 g/mol. The van der Waals surface area contributed by atoms with Crippen LogP contribution in [0.5, 0.6) is 5.75 Å². The van der Waals surface area contributed by atoms with E-state index in [-0.39, 0.29) is 6.61 Å². The van der Waals surface area contributed by atoms with Gasteiger partial charge in [-0.3, -0.25) is 0 Å². The highest BCUT2D eigenvalue weighted by atomic mass is 16.5. The number of aliphatic hydroxyl groups is 1. The van der Waals surface area contributed by atoms with Gasteiger partial charge in [0.25, 0.3) is 0 Å². The van der Waals surface area contributed by atoms with Crippen molar-refractivity contribution in [3.8, 4) is 5.75 Å². The van der Waals surface area contributed by atoms with E-state index in [4.69, 9.17) is 9.84 Å². The van der Waals surface area contributed by atoms with Crippen LogP contribution in [-0.2, 0) is 0 Å². The summed E-state index contributed by atoms with van der Waals surface area (Å²) in [5, 5.41) is 11.7. The van der Waals surface area contributed by atoms with Crippen molar-refractivity contribution in [3.63, 3.8) is 0 Å². The molecule has 0 fully saturated rings. The van der Waals surface area contributed by atoms with Crippen LogP contribution in [0.25, 0.3) is 0 Å². The monoisotopic (exact) mass is 237 g/mol. The van der Waals surface area contributed by atoms with Crippen molar-refractivity contribution >= 4 is 0 Å². The summed E-state index contributed by atoms with van der Waals surface area (Å²) in [7, 11) is 0. The molecule has 1 aromatic carbocycles. The third-order valence-corrected chi connectivity index (χ3v) is 2.58. The quantitative estimate of drug-likeness (QED) is 0.681. The SMILES string of the molecule is CC(C)c1cccc(OCCCNCCO)c1. The van der Waals surface area contributed by atoms with Crippen molar-refractivity contribution in [3.05, 3.63) is 29.8 Å². The fourth-order valence-electron chi connectivity index (χ4n) is 1.55. The van der Waals surface area contributed by atoms with Crippen molar-refractivity contribution in [2.45, 2.75) is 26.2 Å². The van der Waals surface area contributed by atoms with Gasteiger partial charge >= 0.3 is 0 Å². The number of ether oxygens (including phenoxy) is 1.